The third-order valence-electron chi connectivity index (χ3n) is 2.36. The summed E-state index contributed by atoms with van der Waals surface area (Å²) in [7, 11) is 0. The number of unbranched alkanes of at least 4 members (excludes halogenated alkanes) is 1. The SMILES string of the molecule is CCCCSCCC(C#N)NC1CC1. The molecule has 0 heterocycles. The van der Waals surface area contributed by atoms with E-state index in [-0.39, 0.29) is 6.04 Å². The molecule has 1 unspecified atom stereocenters. The second-order valence-electron chi connectivity index (χ2n) is 3.88. The van der Waals surface area contributed by atoms with E-state index >= 15 is 0 Å². The van der Waals surface area contributed by atoms with Crippen molar-refractivity contribution in [1.82, 2.24) is 5.32 Å². The van der Waals surface area contributed by atoms with Gasteiger partial charge in [0, 0.05) is 6.04 Å². The number of thioether (sulfide) groups is 1. The normalized spacial score (nSPS) is 17.7. The van der Waals surface area contributed by atoms with E-state index in [0.717, 1.165) is 12.2 Å². The maximum Gasteiger partial charge on any atom is 0.0963 e. The summed E-state index contributed by atoms with van der Waals surface area (Å²) in [5.41, 5.74) is 0. The molecule has 0 aromatic rings. The molecule has 1 atom stereocenters. The Labute approximate surface area is 91.4 Å². The second-order valence-corrected chi connectivity index (χ2v) is 5.10. The predicted octanol–water partition coefficient (Wildman–Crippen LogP) is 2.55. The van der Waals surface area contributed by atoms with Gasteiger partial charge in [-0.3, -0.25) is 5.32 Å². The van der Waals surface area contributed by atoms with Crippen LogP contribution < -0.4 is 5.32 Å². The van der Waals surface area contributed by atoms with Crippen LogP contribution >= 0.6 is 11.8 Å². The average molecular weight is 212 g/mol. The number of rotatable bonds is 8. The van der Waals surface area contributed by atoms with Gasteiger partial charge in [0.25, 0.3) is 0 Å². The lowest BCUT2D eigenvalue weighted by molar-refractivity contribution is 0.587. The Bertz CT molecular complexity index is 184. The van der Waals surface area contributed by atoms with Crippen molar-refractivity contribution in [3.05, 3.63) is 0 Å². The Hall–Kier alpha value is -0.200. The van der Waals surface area contributed by atoms with Crippen molar-refractivity contribution in [2.75, 3.05) is 11.5 Å². The van der Waals surface area contributed by atoms with Gasteiger partial charge in [-0.2, -0.15) is 17.0 Å². The molecule has 0 saturated heterocycles. The summed E-state index contributed by atoms with van der Waals surface area (Å²) < 4.78 is 0. The van der Waals surface area contributed by atoms with E-state index < -0.39 is 0 Å². The van der Waals surface area contributed by atoms with Crippen LogP contribution in [0.5, 0.6) is 0 Å². The molecule has 0 bridgehead atoms. The molecule has 14 heavy (non-hydrogen) atoms. The summed E-state index contributed by atoms with van der Waals surface area (Å²) >= 11 is 1.98. The van der Waals surface area contributed by atoms with E-state index in [1.165, 1.54) is 31.4 Å². The van der Waals surface area contributed by atoms with Crippen molar-refractivity contribution >= 4 is 11.8 Å². The monoisotopic (exact) mass is 212 g/mol. The molecule has 0 radical (unpaired) electrons. The van der Waals surface area contributed by atoms with E-state index in [2.05, 4.69) is 18.3 Å². The first-order valence-corrected chi connectivity index (χ1v) is 6.75. The summed E-state index contributed by atoms with van der Waals surface area (Å²) in [5, 5.41) is 12.2. The quantitative estimate of drug-likeness (QED) is 0.628. The van der Waals surface area contributed by atoms with Crippen LogP contribution in [0.2, 0.25) is 0 Å². The zero-order valence-corrected chi connectivity index (χ0v) is 9.78. The fourth-order valence-corrected chi connectivity index (χ4v) is 2.37. The van der Waals surface area contributed by atoms with E-state index in [4.69, 9.17) is 5.26 Å². The fraction of sp³-hybridized carbons (Fsp3) is 0.909. The van der Waals surface area contributed by atoms with Crippen LogP contribution in [-0.4, -0.2) is 23.6 Å². The maximum atomic E-state index is 8.88. The van der Waals surface area contributed by atoms with Crippen molar-refractivity contribution < 1.29 is 0 Å². The number of nitriles is 1. The van der Waals surface area contributed by atoms with Crippen LogP contribution in [0.3, 0.4) is 0 Å². The molecule has 1 aliphatic carbocycles. The minimum atomic E-state index is 0.0941. The lowest BCUT2D eigenvalue weighted by atomic mass is 10.2. The van der Waals surface area contributed by atoms with Crippen molar-refractivity contribution in [2.24, 2.45) is 0 Å². The maximum absolute atomic E-state index is 8.88. The van der Waals surface area contributed by atoms with Crippen molar-refractivity contribution in [1.29, 1.82) is 5.26 Å². The van der Waals surface area contributed by atoms with Gasteiger partial charge in [0.15, 0.2) is 0 Å². The number of nitrogens with zero attached hydrogens (tertiary/aromatic N) is 1. The second kappa shape index (κ2) is 7.14. The minimum Gasteiger partial charge on any atom is -0.299 e. The minimum absolute atomic E-state index is 0.0941. The Morgan fingerprint density at radius 3 is 2.86 bits per heavy atom. The molecule has 1 rings (SSSR count). The highest BCUT2D eigenvalue weighted by Crippen LogP contribution is 2.20. The highest BCUT2D eigenvalue weighted by Gasteiger charge is 2.23. The highest BCUT2D eigenvalue weighted by molar-refractivity contribution is 7.99. The van der Waals surface area contributed by atoms with Gasteiger partial charge in [0.1, 0.15) is 0 Å². The smallest absolute Gasteiger partial charge is 0.0963 e. The largest absolute Gasteiger partial charge is 0.299 e. The summed E-state index contributed by atoms with van der Waals surface area (Å²) in [6, 6.07) is 3.09. The number of hydrogen-bond donors (Lipinski definition) is 1. The van der Waals surface area contributed by atoms with Crippen LogP contribution in [-0.2, 0) is 0 Å². The Morgan fingerprint density at radius 2 is 2.29 bits per heavy atom. The van der Waals surface area contributed by atoms with Gasteiger partial charge in [-0.1, -0.05) is 13.3 Å². The molecule has 0 aliphatic heterocycles. The van der Waals surface area contributed by atoms with Crippen LogP contribution in [0, 0.1) is 11.3 Å². The molecule has 80 valence electrons. The van der Waals surface area contributed by atoms with E-state index in [1.807, 2.05) is 11.8 Å². The van der Waals surface area contributed by atoms with Gasteiger partial charge in [-0.05, 0) is 37.2 Å². The molecular weight excluding hydrogens is 192 g/mol. The van der Waals surface area contributed by atoms with Crippen LogP contribution in [0.4, 0.5) is 0 Å². The first-order valence-electron chi connectivity index (χ1n) is 5.60. The molecule has 0 spiro atoms. The zero-order chi connectivity index (χ0) is 10.2. The Morgan fingerprint density at radius 1 is 1.50 bits per heavy atom. The van der Waals surface area contributed by atoms with Crippen LogP contribution in [0.15, 0.2) is 0 Å². The Kier molecular flexibility index (Phi) is 6.05. The van der Waals surface area contributed by atoms with E-state index in [0.29, 0.717) is 6.04 Å². The van der Waals surface area contributed by atoms with Crippen molar-refractivity contribution in [3.8, 4) is 6.07 Å². The highest BCUT2D eigenvalue weighted by atomic mass is 32.2. The van der Waals surface area contributed by atoms with Crippen LogP contribution in [0.1, 0.15) is 39.0 Å². The molecule has 3 heteroatoms. The van der Waals surface area contributed by atoms with E-state index in [9.17, 15) is 0 Å². The summed E-state index contributed by atoms with van der Waals surface area (Å²) in [4.78, 5) is 0. The third kappa shape index (κ3) is 5.51. The first kappa shape index (κ1) is 11.9. The fourth-order valence-electron chi connectivity index (χ4n) is 1.27. The molecule has 1 aliphatic rings. The molecule has 2 nitrogen and oxygen atoms in total. The van der Waals surface area contributed by atoms with Crippen LogP contribution in [0.25, 0.3) is 0 Å². The van der Waals surface area contributed by atoms with Gasteiger partial charge in [0.05, 0.1) is 12.1 Å². The van der Waals surface area contributed by atoms with Gasteiger partial charge in [-0.25, -0.2) is 0 Å². The molecular formula is C11H20N2S. The van der Waals surface area contributed by atoms with Crippen molar-refractivity contribution in [3.63, 3.8) is 0 Å². The predicted molar refractivity (Wildman–Crippen MR) is 62.4 cm³/mol. The topological polar surface area (TPSA) is 35.8 Å². The molecule has 1 saturated carbocycles. The first-order chi connectivity index (χ1) is 6.86. The molecule has 1 N–H and O–H groups in total. The molecule has 0 aromatic carbocycles. The summed E-state index contributed by atoms with van der Waals surface area (Å²) in [5.74, 6) is 2.37. The lowest BCUT2D eigenvalue weighted by Crippen LogP contribution is -2.29. The van der Waals surface area contributed by atoms with Gasteiger partial charge < -0.3 is 0 Å². The molecule has 1 fully saturated rings. The summed E-state index contributed by atoms with van der Waals surface area (Å²) in [6.45, 7) is 2.22. The number of nitrogens with one attached hydrogen (secondary N) is 1. The van der Waals surface area contributed by atoms with Gasteiger partial charge >= 0.3 is 0 Å². The lowest BCUT2D eigenvalue weighted by Gasteiger charge is -2.09. The summed E-state index contributed by atoms with van der Waals surface area (Å²) in [6.07, 6.45) is 6.11. The van der Waals surface area contributed by atoms with Gasteiger partial charge in [-0.15, -0.1) is 0 Å². The standard InChI is InChI=1S/C11H20N2S/c1-2-3-7-14-8-6-11(9-12)13-10-4-5-10/h10-11,13H,2-8H2,1H3. The molecule has 0 amide bonds. The van der Waals surface area contributed by atoms with E-state index in [1.54, 1.807) is 0 Å². The average Bonchev–Trinajstić information content (AvgIpc) is 2.99. The number of hydrogen-bond acceptors (Lipinski definition) is 3. The Balaban J connectivity index is 1.94. The zero-order valence-electron chi connectivity index (χ0n) is 8.96. The van der Waals surface area contributed by atoms with Gasteiger partial charge in [0.2, 0.25) is 0 Å². The van der Waals surface area contributed by atoms with Crippen molar-refractivity contribution in [2.45, 2.75) is 51.1 Å². The third-order valence-corrected chi connectivity index (χ3v) is 3.46. The molecule has 0 aromatic heterocycles.